The lowest BCUT2D eigenvalue weighted by Crippen LogP contribution is -2.42. The van der Waals surface area contributed by atoms with Gasteiger partial charge in [0.05, 0.1) is 6.10 Å². The van der Waals surface area contributed by atoms with Crippen LogP contribution in [0.15, 0.2) is 30.3 Å². The molecule has 0 saturated heterocycles. The summed E-state index contributed by atoms with van der Waals surface area (Å²) in [5.74, 6) is 0.129. The van der Waals surface area contributed by atoms with E-state index >= 15 is 0 Å². The minimum atomic E-state index is -0.517. The number of hydrogen-bond acceptors (Lipinski definition) is 2. The summed E-state index contributed by atoms with van der Waals surface area (Å²) in [6.07, 6.45) is 5.24. The molecule has 3 nitrogen and oxygen atoms in total. The maximum absolute atomic E-state index is 12.3. The third kappa shape index (κ3) is 3.60. The van der Waals surface area contributed by atoms with Gasteiger partial charge in [-0.1, -0.05) is 50.1 Å². The van der Waals surface area contributed by atoms with Gasteiger partial charge in [-0.25, -0.2) is 0 Å². The molecular weight excluding hydrogens is 250 g/mol. The van der Waals surface area contributed by atoms with E-state index in [9.17, 15) is 9.90 Å². The molecule has 0 bridgehead atoms. The standard InChI is InChI=1S/C17H25NO2/c1-2-17(10-6-7-11-17)16(20)18-13-15(19)12-14-8-4-3-5-9-14/h3-5,8-9,15,19H,2,6-7,10-13H2,1H3,(H,18,20). The molecule has 0 spiro atoms. The fourth-order valence-corrected chi connectivity index (χ4v) is 3.15. The van der Waals surface area contributed by atoms with Crippen LogP contribution >= 0.6 is 0 Å². The number of rotatable bonds is 6. The highest BCUT2D eigenvalue weighted by atomic mass is 16.3. The van der Waals surface area contributed by atoms with Crippen LogP contribution in [0.3, 0.4) is 0 Å². The van der Waals surface area contributed by atoms with Crippen LogP contribution < -0.4 is 5.32 Å². The Morgan fingerprint density at radius 2 is 1.95 bits per heavy atom. The van der Waals surface area contributed by atoms with Gasteiger partial charge in [0.2, 0.25) is 5.91 Å². The van der Waals surface area contributed by atoms with Crippen LogP contribution in [0.5, 0.6) is 0 Å². The Balaban J connectivity index is 1.81. The summed E-state index contributed by atoms with van der Waals surface area (Å²) in [5, 5.41) is 13.0. The number of hydrogen-bond donors (Lipinski definition) is 2. The number of aliphatic hydroxyl groups is 1. The van der Waals surface area contributed by atoms with Crippen LogP contribution in [-0.4, -0.2) is 23.7 Å². The van der Waals surface area contributed by atoms with Gasteiger partial charge in [0.1, 0.15) is 0 Å². The maximum atomic E-state index is 12.3. The van der Waals surface area contributed by atoms with Crippen molar-refractivity contribution >= 4 is 5.91 Å². The first-order valence-corrected chi connectivity index (χ1v) is 7.66. The zero-order chi connectivity index (χ0) is 14.4. The molecule has 1 atom stereocenters. The van der Waals surface area contributed by atoms with E-state index in [4.69, 9.17) is 0 Å². The highest BCUT2D eigenvalue weighted by Crippen LogP contribution is 2.41. The average molecular weight is 275 g/mol. The third-order valence-electron chi connectivity index (χ3n) is 4.53. The van der Waals surface area contributed by atoms with Crippen LogP contribution in [0, 0.1) is 5.41 Å². The number of aliphatic hydroxyl groups excluding tert-OH is 1. The quantitative estimate of drug-likeness (QED) is 0.838. The second-order valence-corrected chi connectivity index (χ2v) is 5.89. The normalized spacial score (nSPS) is 18.7. The first kappa shape index (κ1) is 15.0. The van der Waals surface area contributed by atoms with E-state index in [0.717, 1.165) is 37.7 Å². The minimum Gasteiger partial charge on any atom is -0.391 e. The Kier molecular flexibility index (Phi) is 5.18. The van der Waals surface area contributed by atoms with E-state index in [1.165, 1.54) is 0 Å². The van der Waals surface area contributed by atoms with Crippen molar-refractivity contribution < 1.29 is 9.90 Å². The van der Waals surface area contributed by atoms with E-state index in [-0.39, 0.29) is 11.3 Å². The zero-order valence-corrected chi connectivity index (χ0v) is 12.3. The van der Waals surface area contributed by atoms with E-state index in [2.05, 4.69) is 12.2 Å². The Bertz CT molecular complexity index is 424. The van der Waals surface area contributed by atoms with E-state index in [0.29, 0.717) is 13.0 Å². The van der Waals surface area contributed by atoms with Crippen molar-refractivity contribution in [2.75, 3.05) is 6.54 Å². The monoisotopic (exact) mass is 275 g/mol. The molecule has 2 rings (SSSR count). The Morgan fingerprint density at radius 3 is 2.55 bits per heavy atom. The van der Waals surface area contributed by atoms with Crippen molar-refractivity contribution in [1.82, 2.24) is 5.32 Å². The molecule has 1 saturated carbocycles. The first-order chi connectivity index (χ1) is 9.66. The van der Waals surface area contributed by atoms with Gasteiger partial charge in [-0.05, 0) is 24.8 Å². The number of benzene rings is 1. The summed E-state index contributed by atoms with van der Waals surface area (Å²) < 4.78 is 0. The highest BCUT2D eigenvalue weighted by Gasteiger charge is 2.39. The maximum Gasteiger partial charge on any atom is 0.226 e. The lowest BCUT2D eigenvalue weighted by atomic mass is 9.82. The Hall–Kier alpha value is -1.35. The molecule has 0 aromatic heterocycles. The highest BCUT2D eigenvalue weighted by molar-refractivity contribution is 5.82. The zero-order valence-electron chi connectivity index (χ0n) is 12.3. The second kappa shape index (κ2) is 6.89. The van der Waals surface area contributed by atoms with E-state index < -0.39 is 6.10 Å². The van der Waals surface area contributed by atoms with Crippen LogP contribution in [0.4, 0.5) is 0 Å². The number of carbonyl (C=O) groups excluding carboxylic acids is 1. The SMILES string of the molecule is CCC1(C(=O)NCC(O)Cc2ccccc2)CCCC1. The topological polar surface area (TPSA) is 49.3 Å². The van der Waals surface area contributed by atoms with Crippen LogP contribution in [0.2, 0.25) is 0 Å². The molecule has 0 heterocycles. The number of nitrogens with one attached hydrogen (secondary N) is 1. The van der Waals surface area contributed by atoms with Crippen molar-refractivity contribution in [3.63, 3.8) is 0 Å². The molecular formula is C17H25NO2. The van der Waals surface area contributed by atoms with Gasteiger partial charge in [-0.2, -0.15) is 0 Å². The van der Waals surface area contributed by atoms with Crippen molar-refractivity contribution in [1.29, 1.82) is 0 Å². The summed E-state index contributed by atoms with van der Waals surface area (Å²) >= 11 is 0. The fourth-order valence-electron chi connectivity index (χ4n) is 3.15. The number of carbonyl (C=O) groups is 1. The van der Waals surface area contributed by atoms with Gasteiger partial charge in [0.15, 0.2) is 0 Å². The summed E-state index contributed by atoms with van der Waals surface area (Å²) in [5.41, 5.74) is 0.923. The Labute approximate surface area is 121 Å². The van der Waals surface area contributed by atoms with E-state index in [1.807, 2.05) is 30.3 Å². The summed E-state index contributed by atoms with van der Waals surface area (Å²) in [4.78, 5) is 12.3. The van der Waals surface area contributed by atoms with Crippen molar-refractivity contribution in [2.45, 2.75) is 51.6 Å². The predicted molar refractivity (Wildman–Crippen MR) is 80.4 cm³/mol. The molecule has 110 valence electrons. The largest absolute Gasteiger partial charge is 0.391 e. The molecule has 1 amide bonds. The van der Waals surface area contributed by atoms with Gasteiger partial charge in [-0.15, -0.1) is 0 Å². The van der Waals surface area contributed by atoms with Crippen molar-refractivity contribution in [3.05, 3.63) is 35.9 Å². The van der Waals surface area contributed by atoms with Crippen LogP contribution in [0.1, 0.15) is 44.6 Å². The van der Waals surface area contributed by atoms with Gasteiger partial charge in [0, 0.05) is 18.4 Å². The molecule has 0 radical (unpaired) electrons. The Morgan fingerprint density at radius 1 is 1.30 bits per heavy atom. The fraction of sp³-hybridized carbons (Fsp3) is 0.588. The van der Waals surface area contributed by atoms with E-state index in [1.54, 1.807) is 0 Å². The second-order valence-electron chi connectivity index (χ2n) is 5.89. The summed E-state index contributed by atoms with van der Waals surface area (Å²) in [6.45, 7) is 2.43. The van der Waals surface area contributed by atoms with Gasteiger partial charge in [-0.3, -0.25) is 4.79 Å². The molecule has 3 heteroatoms. The molecule has 1 aliphatic rings. The van der Waals surface area contributed by atoms with Crippen LogP contribution in [-0.2, 0) is 11.2 Å². The molecule has 1 aromatic rings. The molecule has 20 heavy (non-hydrogen) atoms. The van der Waals surface area contributed by atoms with Gasteiger partial charge in [0.25, 0.3) is 0 Å². The molecule has 1 unspecified atom stereocenters. The molecule has 1 aliphatic carbocycles. The molecule has 0 aliphatic heterocycles. The molecule has 1 aromatic carbocycles. The molecule has 2 N–H and O–H groups in total. The van der Waals surface area contributed by atoms with Crippen molar-refractivity contribution in [2.24, 2.45) is 5.41 Å². The number of amides is 1. The summed E-state index contributed by atoms with van der Waals surface area (Å²) in [6, 6.07) is 9.88. The van der Waals surface area contributed by atoms with Gasteiger partial charge >= 0.3 is 0 Å². The molecule has 1 fully saturated rings. The average Bonchev–Trinajstić information content (AvgIpc) is 2.96. The summed E-state index contributed by atoms with van der Waals surface area (Å²) in [7, 11) is 0. The lowest BCUT2D eigenvalue weighted by molar-refractivity contribution is -0.131. The smallest absolute Gasteiger partial charge is 0.226 e. The lowest BCUT2D eigenvalue weighted by Gasteiger charge is -2.26. The van der Waals surface area contributed by atoms with Crippen molar-refractivity contribution in [3.8, 4) is 0 Å². The third-order valence-corrected chi connectivity index (χ3v) is 4.53. The van der Waals surface area contributed by atoms with Crippen LogP contribution in [0.25, 0.3) is 0 Å². The van der Waals surface area contributed by atoms with Gasteiger partial charge < -0.3 is 10.4 Å². The predicted octanol–water partition coefficient (Wildman–Crippen LogP) is 2.68. The minimum absolute atomic E-state index is 0.129. The first-order valence-electron chi connectivity index (χ1n) is 7.66.